The van der Waals surface area contributed by atoms with E-state index in [0.717, 1.165) is 32.5 Å². The SMILES string of the molecule is CCC(O)CN1CCC(O)C(C)(C)C1. The summed E-state index contributed by atoms with van der Waals surface area (Å²) in [7, 11) is 0. The van der Waals surface area contributed by atoms with Crippen LogP contribution < -0.4 is 0 Å². The molecule has 3 nitrogen and oxygen atoms in total. The van der Waals surface area contributed by atoms with Gasteiger partial charge in [-0.05, 0) is 12.8 Å². The molecule has 2 atom stereocenters. The second-order valence-electron chi connectivity index (χ2n) is 5.09. The van der Waals surface area contributed by atoms with Crippen molar-refractivity contribution in [2.24, 2.45) is 5.41 Å². The van der Waals surface area contributed by atoms with Crippen LogP contribution in [0.5, 0.6) is 0 Å². The molecule has 1 fully saturated rings. The molecule has 3 heteroatoms. The summed E-state index contributed by atoms with van der Waals surface area (Å²) < 4.78 is 0. The number of likely N-dealkylation sites (tertiary alicyclic amines) is 1. The molecule has 1 saturated heterocycles. The van der Waals surface area contributed by atoms with E-state index in [0.29, 0.717) is 0 Å². The summed E-state index contributed by atoms with van der Waals surface area (Å²) in [5.74, 6) is 0. The van der Waals surface area contributed by atoms with Crippen molar-refractivity contribution >= 4 is 0 Å². The van der Waals surface area contributed by atoms with Gasteiger partial charge in [-0.3, -0.25) is 0 Å². The molecule has 0 aromatic heterocycles. The molecule has 1 aliphatic heterocycles. The lowest BCUT2D eigenvalue weighted by Gasteiger charge is -2.42. The predicted molar refractivity (Wildman–Crippen MR) is 57.1 cm³/mol. The highest BCUT2D eigenvalue weighted by Gasteiger charge is 2.34. The first kappa shape index (κ1) is 12.0. The molecular weight excluding hydrogens is 178 g/mol. The van der Waals surface area contributed by atoms with Crippen LogP contribution in [0.15, 0.2) is 0 Å². The Labute approximate surface area is 86.7 Å². The number of β-amino-alcohol motifs (C(OH)–C–C–N with tert-alkyl or cyclic N) is 1. The fraction of sp³-hybridized carbons (Fsp3) is 1.00. The third kappa shape index (κ3) is 2.94. The lowest BCUT2D eigenvalue weighted by molar-refractivity contribution is -0.0361. The number of aliphatic hydroxyl groups excluding tert-OH is 2. The first-order valence-corrected chi connectivity index (χ1v) is 5.54. The van der Waals surface area contributed by atoms with E-state index in [4.69, 9.17) is 0 Å². The second-order valence-corrected chi connectivity index (χ2v) is 5.09. The second kappa shape index (κ2) is 4.60. The van der Waals surface area contributed by atoms with E-state index in [9.17, 15) is 10.2 Å². The summed E-state index contributed by atoms with van der Waals surface area (Å²) in [6, 6.07) is 0. The smallest absolute Gasteiger partial charge is 0.0664 e. The van der Waals surface area contributed by atoms with Crippen LogP contribution in [0.3, 0.4) is 0 Å². The van der Waals surface area contributed by atoms with Gasteiger partial charge in [-0.15, -0.1) is 0 Å². The molecule has 2 unspecified atom stereocenters. The van der Waals surface area contributed by atoms with Crippen LogP contribution in [0.25, 0.3) is 0 Å². The van der Waals surface area contributed by atoms with Crippen molar-refractivity contribution in [2.75, 3.05) is 19.6 Å². The zero-order valence-corrected chi connectivity index (χ0v) is 9.53. The number of hydrogen-bond acceptors (Lipinski definition) is 3. The van der Waals surface area contributed by atoms with Crippen molar-refractivity contribution in [1.29, 1.82) is 0 Å². The molecule has 2 N–H and O–H groups in total. The Morgan fingerprint density at radius 1 is 1.50 bits per heavy atom. The van der Waals surface area contributed by atoms with Gasteiger partial charge in [0.15, 0.2) is 0 Å². The molecule has 84 valence electrons. The van der Waals surface area contributed by atoms with E-state index < -0.39 is 0 Å². The standard InChI is InChI=1S/C11H23NO2/c1-4-9(13)7-12-6-5-10(14)11(2,3)8-12/h9-10,13-14H,4-8H2,1-3H3. The zero-order chi connectivity index (χ0) is 10.8. The summed E-state index contributed by atoms with van der Waals surface area (Å²) in [5, 5.41) is 19.3. The van der Waals surface area contributed by atoms with Gasteiger partial charge in [0.05, 0.1) is 12.2 Å². The lowest BCUT2D eigenvalue weighted by atomic mass is 9.81. The summed E-state index contributed by atoms with van der Waals surface area (Å²) in [6.07, 6.45) is 1.21. The van der Waals surface area contributed by atoms with Crippen molar-refractivity contribution in [3.63, 3.8) is 0 Å². The molecule has 14 heavy (non-hydrogen) atoms. The zero-order valence-electron chi connectivity index (χ0n) is 9.53. The van der Waals surface area contributed by atoms with Crippen molar-refractivity contribution in [3.05, 3.63) is 0 Å². The van der Waals surface area contributed by atoms with Crippen molar-refractivity contribution in [2.45, 2.75) is 45.8 Å². The monoisotopic (exact) mass is 201 g/mol. The molecular formula is C11H23NO2. The van der Waals surface area contributed by atoms with Gasteiger partial charge in [0.25, 0.3) is 0 Å². The number of rotatable bonds is 3. The number of piperidine rings is 1. The van der Waals surface area contributed by atoms with Crippen LogP contribution in [0.1, 0.15) is 33.6 Å². The molecule has 0 saturated carbocycles. The van der Waals surface area contributed by atoms with Gasteiger partial charge in [-0.25, -0.2) is 0 Å². The van der Waals surface area contributed by atoms with Gasteiger partial charge in [-0.2, -0.15) is 0 Å². The minimum Gasteiger partial charge on any atom is -0.392 e. The third-order valence-electron chi connectivity index (χ3n) is 3.19. The van der Waals surface area contributed by atoms with Gasteiger partial charge in [0.2, 0.25) is 0 Å². The van der Waals surface area contributed by atoms with Crippen LogP contribution >= 0.6 is 0 Å². The maximum atomic E-state index is 9.76. The number of nitrogens with zero attached hydrogens (tertiary/aromatic N) is 1. The Morgan fingerprint density at radius 3 is 2.64 bits per heavy atom. The molecule has 1 rings (SSSR count). The molecule has 1 aliphatic rings. The summed E-state index contributed by atoms with van der Waals surface area (Å²) in [4.78, 5) is 2.25. The highest BCUT2D eigenvalue weighted by Crippen LogP contribution is 2.29. The average molecular weight is 201 g/mol. The Kier molecular flexibility index (Phi) is 3.93. The first-order chi connectivity index (χ1) is 6.45. The summed E-state index contributed by atoms with van der Waals surface area (Å²) >= 11 is 0. The fourth-order valence-electron chi connectivity index (χ4n) is 2.04. The van der Waals surface area contributed by atoms with Gasteiger partial charge >= 0.3 is 0 Å². The van der Waals surface area contributed by atoms with E-state index >= 15 is 0 Å². The fourth-order valence-corrected chi connectivity index (χ4v) is 2.04. The molecule has 0 radical (unpaired) electrons. The highest BCUT2D eigenvalue weighted by molar-refractivity contribution is 4.87. The summed E-state index contributed by atoms with van der Waals surface area (Å²) in [5.41, 5.74) is -0.0360. The topological polar surface area (TPSA) is 43.7 Å². The average Bonchev–Trinajstić information content (AvgIpc) is 2.11. The first-order valence-electron chi connectivity index (χ1n) is 5.54. The highest BCUT2D eigenvalue weighted by atomic mass is 16.3. The number of hydrogen-bond donors (Lipinski definition) is 2. The van der Waals surface area contributed by atoms with E-state index in [-0.39, 0.29) is 17.6 Å². The maximum absolute atomic E-state index is 9.76. The van der Waals surface area contributed by atoms with Gasteiger partial charge < -0.3 is 15.1 Å². The number of aliphatic hydroxyl groups is 2. The van der Waals surface area contributed by atoms with E-state index in [1.165, 1.54) is 0 Å². The van der Waals surface area contributed by atoms with Crippen LogP contribution in [0.4, 0.5) is 0 Å². The lowest BCUT2D eigenvalue weighted by Crippen LogP contribution is -2.50. The molecule has 0 amide bonds. The molecule has 0 aromatic carbocycles. The van der Waals surface area contributed by atoms with Gasteiger partial charge in [0.1, 0.15) is 0 Å². The van der Waals surface area contributed by atoms with E-state index in [1.54, 1.807) is 0 Å². The Balaban J connectivity index is 2.43. The molecule has 0 spiro atoms. The minimum atomic E-state index is -0.221. The quantitative estimate of drug-likeness (QED) is 0.711. The largest absolute Gasteiger partial charge is 0.392 e. The molecule has 0 aromatic rings. The van der Waals surface area contributed by atoms with Crippen LogP contribution in [-0.2, 0) is 0 Å². The van der Waals surface area contributed by atoms with Gasteiger partial charge in [0, 0.05) is 25.0 Å². The maximum Gasteiger partial charge on any atom is 0.0664 e. The van der Waals surface area contributed by atoms with Crippen molar-refractivity contribution < 1.29 is 10.2 Å². The Hall–Kier alpha value is -0.120. The van der Waals surface area contributed by atoms with E-state index in [1.807, 2.05) is 6.92 Å². The molecule has 0 aliphatic carbocycles. The Morgan fingerprint density at radius 2 is 2.14 bits per heavy atom. The van der Waals surface area contributed by atoms with Crippen molar-refractivity contribution in [1.82, 2.24) is 4.90 Å². The molecule has 0 bridgehead atoms. The van der Waals surface area contributed by atoms with Crippen molar-refractivity contribution in [3.8, 4) is 0 Å². The van der Waals surface area contributed by atoms with Crippen LogP contribution in [0, 0.1) is 5.41 Å². The normalized spacial score (nSPS) is 30.2. The molecule has 1 heterocycles. The predicted octanol–water partition coefficient (Wildman–Crippen LogP) is 0.850. The van der Waals surface area contributed by atoms with E-state index in [2.05, 4.69) is 18.7 Å². The third-order valence-corrected chi connectivity index (χ3v) is 3.19. The van der Waals surface area contributed by atoms with Crippen LogP contribution in [-0.4, -0.2) is 47.0 Å². The summed E-state index contributed by atoms with van der Waals surface area (Å²) in [6.45, 7) is 8.69. The van der Waals surface area contributed by atoms with Crippen LogP contribution in [0.2, 0.25) is 0 Å². The minimum absolute atomic E-state index is 0.0360. The Bertz CT molecular complexity index is 182. The van der Waals surface area contributed by atoms with Gasteiger partial charge in [-0.1, -0.05) is 20.8 Å².